The Hall–Kier alpha value is -3.88. The number of amides is 2. The lowest BCUT2D eigenvalue weighted by atomic mass is 9.84. The van der Waals surface area contributed by atoms with E-state index < -0.39 is 6.04 Å². The number of nitrogens with zero attached hydrogens (tertiary/aromatic N) is 3. The van der Waals surface area contributed by atoms with Crippen LogP contribution in [-0.4, -0.2) is 40.1 Å². The number of benzene rings is 1. The summed E-state index contributed by atoms with van der Waals surface area (Å²) in [6.07, 6.45) is 8.16. The smallest absolute Gasteiger partial charge is 0.357 e. The number of nitrogens with one attached hydrogen (secondary N) is 4. The van der Waals surface area contributed by atoms with Crippen LogP contribution in [-0.2, 0) is 17.6 Å². The Balaban J connectivity index is 1.73. The van der Waals surface area contributed by atoms with Crippen molar-refractivity contribution in [1.82, 2.24) is 25.7 Å². The summed E-state index contributed by atoms with van der Waals surface area (Å²) in [6, 6.07) is 8.30. The number of aromatic amines is 1. The quantitative estimate of drug-likeness (QED) is 0.333. The van der Waals surface area contributed by atoms with Gasteiger partial charge in [0.15, 0.2) is 6.20 Å². The van der Waals surface area contributed by atoms with Crippen LogP contribution in [0.15, 0.2) is 48.9 Å². The lowest BCUT2D eigenvalue weighted by Crippen LogP contribution is -2.42. The van der Waals surface area contributed by atoms with Gasteiger partial charge in [-0.2, -0.15) is 0 Å². The third kappa shape index (κ3) is 4.01. The van der Waals surface area contributed by atoms with Crippen molar-refractivity contribution in [2.45, 2.75) is 32.2 Å². The third-order valence-electron chi connectivity index (χ3n) is 5.86. The number of hydrogen-bond acceptors (Lipinski definition) is 5. The van der Waals surface area contributed by atoms with E-state index in [9.17, 15) is 9.59 Å². The third-order valence-corrected chi connectivity index (χ3v) is 5.86. The van der Waals surface area contributed by atoms with E-state index in [4.69, 9.17) is 5.41 Å². The molecule has 0 unspecified atom stereocenters. The molecule has 1 aliphatic rings. The fraction of sp³-hybridized carbons (Fsp3) is 0.304. The van der Waals surface area contributed by atoms with E-state index in [-0.39, 0.29) is 17.2 Å². The molecule has 164 valence electrons. The Morgan fingerprint density at radius 2 is 2.06 bits per heavy atom. The van der Waals surface area contributed by atoms with E-state index in [1.54, 1.807) is 42.5 Å². The zero-order valence-corrected chi connectivity index (χ0v) is 18.1. The number of carbonyl (C=O) groups excluding carboxylic acids is 2. The summed E-state index contributed by atoms with van der Waals surface area (Å²) in [7, 11) is 1.54. The van der Waals surface area contributed by atoms with Gasteiger partial charge in [-0.15, -0.1) is 4.68 Å². The second-order valence-corrected chi connectivity index (χ2v) is 8.31. The molecule has 4 N–H and O–H groups in total. The van der Waals surface area contributed by atoms with Crippen molar-refractivity contribution in [2.24, 2.45) is 5.41 Å². The minimum absolute atomic E-state index is 0.167. The molecule has 3 aromatic rings. The fourth-order valence-corrected chi connectivity index (χ4v) is 4.27. The molecule has 1 aromatic carbocycles. The minimum atomic E-state index is -0.827. The molecule has 2 amide bonds. The molecule has 32 heavy (non-hydrogen) atoms. The summed E-state index contributed by atoms with van der Waals surface area (Å²) in [5, 5.41) is 16.3. The van der Waals surface area contributed by atoms with Crippen LogP contribution in [0.4, 0.5) is 0 Å². The molecule has 9 heteroatoms. The normalized spacial score (nSPS) is 17.9. The van der Waals surface area contributed by atoms with Crippen molar-refractivity contribution < 1.29 is 14.3 Å². The van der Waals surface area contributed by atoms with Gasteiger partial charge in [0.2, 0.25) is 5.91 Å². The van der Waals surface area contributed by atoms with Crippen molar-refractivity contribution in [3.8, 4) is 5.82 Å². The summed E-state index contributed by atoms with van der Waals surface area (Å²) < 4.78 is 1.78. The van der Waals surface area contributed by atoms with Crippen LogP contribution in [0.1, 0.15) is 46.7 Å². The zero-order valence-electron chi connectivity index (χ0n) is 18.1. The lowest BCUT2D eigenvalue weighted by molar-refractivity contribution is -0.666. The van der Waals surface area contributed by atoms with Crippen molar-refractivity contribution >= 4 is 18.0 Å². The summed E-state index contributed by atoms with van der Waals surface area (Å²) in [5.74, 6) is -0.101. The monoisotopic (exact) mass is 432 g/mol. The number of carbonyl (C=O) groups is 2. The largest absolute Gasteiger partial charge is 0.365 e. The SMILES string of the molecule is CNC(=O)[C@@H](NC(=O)c1[nH][n+](-c2cnccn2)c2c1C[C@@](C)(CC=N)C2)c1ccccc1. The van der Waals surface area contributed by atoms with E-state index in [2.05, 4.69) is 32.6 Å². The first-order valence-corrected chi connectivity index (χ1v) is 10.4. The standard InChI is InChI=1S/C23H25N7O2/c1-23(8-9-24)12-16-17(13-23)30(18-14-26-10-11-27-18)29-20(16)22(32)28-19(21(31)25-2)15-6-4-3-5-7-15/h3-7,9-11,14,19,24H,8,12-13H2,1-2H3,(H2,25,28,31,32)/p+1/t19-,23+/m0/s1. The zero-order chi connectivity index (χ0) is 22.7. The highest BCUT2D eigenvalue weighted by Crippen LogP contribution is 2.39. The van der Waals surface area contributed by atoms with Crippen molar-refractivity contribution in [3.05, 3.63) is 71.4 Å². The predicted molar refractivity (Wildman–Crippen MR) is 118 cm³/mol. The molecule has 2 heterocycles. The Morgan fingerprint density at radius 3 is 2.72 bits per heavy atom. The van der Waals surface area contributed by atoms with Gasteiger partial charge in [0.05, 0.1) is 6.20 Å². The molecule has 4 rings (SSSR count). The Bertz CT molecular complexity index is 1140. The highest BCUT2D eigenvalue weighted by atomic mass is 16.2. The first-order valence-electron chi connectivity index (χ1n) is 10.4. The van der Waals surface area contributed by atoms with E-state index in [0.29, 0.717) is 36.3 Å². The summed E-state index contributed by atoms with van der Waals surface area (Å²) in [4.78, 5) is 34.5. The number of likely N-dealkylation sites (N-methyl/N-ethyl adjacent to an activating group) is 1. The molecule has 0 saturated carbocycles. The van der Waals surface area contributed by atoms with Crippen LogP contribution in [0.5, 0.6) is 0 Å². The van der Waals surface area contributed by atoms with Crippen molar-refractivity contribution in [3.63, 3.8) is 0 Å². The van der Waals surface area contributed by atoms with Crippen LogP contribution < -0.4 is 15.3 Å². The molecule has 0 bridgehead atoms. The van der Waals surface area contributed by atoms with Crippen LogP contribution >= 0.6 is 0 Å². The first-order chi connectivity index (χ1) is 15.5. The Kier molecular flexibility index (Phi) is 5.81. The van der Waals surface area contributed by atoms with E-state index in [1.807, 2.05) is 18.2 Å². The maximum atomic E-state index is 13.4. The molecular weight excluding hydrogens is 406 g/mol. The second kappa shape index (κ2) is 8.70. The molecule has 0 aliphatic heterocycles. The Morgan fingerprint density at radius 1 is 1.28 bits per heavy atom. The molecule has 9 nitrogen and oxygen atoms in total. The van der Waals surface area contributed by atoms with Gasteiger partial charge in [-0.3, -0.25) is 14.6 Å². The van der Waals surface area contributed by atoms with E-state index in [0.717, 1.165) is 11.3 Å². The number of fused-ring (bicyclic) bond motifs is 1. The first kappa shape index (κ1) is 21.4. The van der Waals surface area contributed by atoms with Gasteiger partial charge in [0.1, 0.15) is 23.6 Å². The minimum Gasteiger partial charge on any atom is -0.357 e. The molecule has 0 radical (unpaired) electrons. The molecular formula is C23H26N7O2+. The van der Waals surface area contributed by atoms with Gasteiger partial charge in [0, 0.05) is 19.0 Å². The van der Waals surface area contributed by atoms with Crippen LogP contribution in [0.2, 0.25) is 0 Å². The van der Waals surface area contributed by atoms with Gasteiger partial charge in [0.25, 0.3) is 5.91 Å². The highest BCUT2D eigenvalue weighted by Gasteiger charge is 2.42. The van der Waals surface area contributed by atoms with Crippen LogP contribution in [0.25, 0.3) is 5.82 Å². The topological polar surface area (TPSA) is 128 Å². The number of rotatable bonds is 7. The van der Waals surface area contributed by atoms with Gasteiger partial charge < -0.3 is 16.0 Å². The molecule has 1 aliphatic carbocycles. The maximum Gasteiger partial charge on any atom is 0.365 e. The van der Waals surface area contributed by atoms with E-state index >= 15 is 0 Å². The highest BCUT2D eigenvalue weighted by molar-refractivity contribution is 5.97. The summed E-state index contributed by atoms with van der Waals surface area (Å²) in [5.41, 5.74) is 2.74. The summed E-state index contributed by atoms with van der Waals surface area (Å²) >= 11 is 0. The average Bonchev–Trinajstić information content (AvgIpc) is 3.32. The van der Waals surface area contributed by atoms with E-state index in [1.165, 1.54) is 6.21 Å². The molecule has 2 atom stereocenters. The molecule has 0 spiro atoms. The number of aromatic nitrogens is 4. The molecule has 0 fully saturated rings. The fourth-order valence-electron chi connectivity index (χ4n) is 4.27. The Labute approximate surface area is 185 Å². The van der Waals surface area contributed by atoms with Crippen molar-refractivity contribution in [2.75, 3.05) is 7.05 Å². The average molecular weight is 433 g/mol. The maximum absolute atomic E-state index is 13.4. The van der Waals surface area contributed by atoms with Crippen LogP contribution in [0.3, 0.4) is 0 Å². The predicted octanol–water partition coefficient (Wildman–Crippen LogP) is 1.44. The second-order valence-electron chi connectivity index (χ2n) is 8.31. The van der Waals surface area contributed by atoms with Crippen LogP contribution in [0, 0.1) is 10.8 Å². The van der Waals surface area contributed by atoms with Crippen molar-refractivity contribution in [1.29, 1.82) is 5.41 Å². The summed E-state index contributed by atoms with van der Waals surface area (Å²) in [6.45, 7) is 2.11. The molecule has 2 aromatic heterocycles. The van der Waals surface area contributed by atoms with Gasteiger partial charge >= 0.3 is 5.82 Å². The van der Waals surface area contributed by atoms with Gasteiger partial charge in [-0.25, -0.2) is 5.10 Å². The number of H-pyrrole nitrogens is 1. The lowest BCUT2D eigenvalue weighted by Gasteiger charge is -2.21. The number of hydrogen-bond donors (Lipinski definition) is 4. The van der Waals surface area contributed by atoms with Gasteiger partial charge in [-0.1, -0.05) is 37.3 Å². The molecule has 0 saturated heterocycles. The van der Waals surface area contributed by atoms with Gasteiger partial charge in [-0.05, 0) is 35.0 Å².